The summed E-state index contributed by atoms with van der Waals surface area (Å²) in [6, 6.07) is -0.994. The van der Waals surface area contributed by atoms with Gasteiger partial charge in [-0.05, 0) is 0 Å². The molecule has 10 N–H and O–H groups in total. The van der Waals surface area contributed by atoms with E-state index in [1.54, 1.807) is 0 Å². The first-order valence-electron chi connectivity index (χ1n) is 7.95. The van der Waals surface area contributed by atoms with Crippen molar-refractivity contribution in [3.05, 3.63) is 0 Å². The van der Waals surface area contributed by atoms with Crippen molar-refractivity contribution in [1.29, 1.82) is 5.41 Å². The lowest BCUT2D eigenvalue weighted by molar-refractivity contribution is -0.166. The predicted molar refractivity (Wildman–Crippen MR) is 91.0 cm³/mol. The molecule has 1 fully saturated rings. The molecule has 1 aliphatic rings. The number of aliphatic hydroxyl groups excluding tert-OH is 5. The van der Waals surface area contributed by atoms with Crippen LogP contribution in [-0.4, -0.2) is 127 Å². The Morgan fingerprint density at radius 3 is 2.11 bits per heavy atom. The molecule has 14 nitrogen and oxygen atoms in total. The Morgan fingerprint density at radius 2 is 1.75 bits per heavy atom. The van der Waals surface area contributed by atoms with E-state index >= 15 is 0 Å². The number of rotatable bonds is 6. The van der Waals surface area contributed by atoms with Crippen molar-refractivity contribution in [2.45, 2.75) is 36.9 Å². The van der Waals surface area contributed by atoms with E-state index in [0.717, 1.165) is 4.90 Å². The Bertz CT molecular complexity index is 574. The third kappa shape index (κ3) is 7.61. The number of carbonyl (C=O) groups is 3. The fourth-order valence-corrected chi connectivity index (χ4v) is 2.21. The van der Waals surface area contributed by atoms with Gasteiger partial charge in [0.1, 0.15) is 18.3 Å². The third-order valence-corrected chi connectivity index (χ3v) is 3.87. The molecule has 0 aromatic carbocycles. The van der Waals surface area contributed by atoms with Crippen molar-refractivity contribution in [3.8, 4) is 0 Å². The lowest BCUT2D eigenvalue weighted by atomic mass is 9.94. The molecule has 0 spiro atoms. The zero-order valence-corrected chi connectivity index (χ0v) is 15.0. The fraction of sp³-hybridized carbons (Fsp3) is 0.714. The molecule has 0 radical (unpaired) electrons. The Labute approximate surface area is 159 Å². The summed E-state index contributed by atoms with van der Waals surface area (Å²) in [5, 5.41) is 69.3. The molecule has 0 aliphatic carbocycles. The van der Waals surface area contributed by atoms with E-state index in [9.17, 15) is 34.8 Å². The number of guanidine groups is 1. The first kappa shape index (κ1) is 25.5. The summed E-state index contributed by atoms with van der Waals surface area (Å²) in [5.74, 6) is -3.66. The fourth-order valence-electron chi connectivity index (χ4n) is 2.21. The summed E-state index contributed by atoms with van der Waals surface area (Å²) in [6.07, 6.45) is -6.67. The lowest BCUT2D eigenvalue weighted by Gasteiger charge is -2.43. The van der Waals surface area contributed by atoms with Gasteiger partial charge in [-0.25, -0.2) is 4.79 Å². The van der Waals surface area contributed by atoms with E-state index in [4.69, 9.17) is 26.5 Å². The van der Waals surface area contributed by atoms with Gasteiger partial charge < -0.3 is 51.3 Å². The molecule has 0 aromatic heterocycles. The number of carboxylic acids is 2. The molecule has 0 saturated carbocycles. The number of β-amino-alcohol motifs (C(OH)–C–C–N with tert-alkyl or cyclic N) is 1. The molecular weight excluding hydrogens is 384 g/mol. The van der Waals surface area contributed by atoms with E-state index in [1.165, 1.54) is 11.9 Å². The normalized spacial score (nSPS) is 25.1. The number of hydrogen-bond donors (Lipinski definition) is 9. The average molecular weight is 410 g/mol. The van der Waals surface area contributed by atoms with E-state index in [2.05, 4.69) is 0 Å². The molecular formula is C14H26N4O10. The minimum atomic E-state index is -1.79. The van der Waals surface area contributed by atoms with Crippen molar-refractivity contribution in [1.82, 2.24) is 9.80 Å². The van der Waals surface area contributed by atoms with Gasteiger partial charge in [0, 0.05) is 13.6 Å². The summed E-state index contributed by atoms with van der Waals surface area (Å²) < 4.78 is 0. The summed E-state index contributed by atoms with van der Waals surface area (Å²) >= 11 is 0. The summed E-state index contributed by atoms with van der Waals surface area (Å²) in [4.78, 5) is 33.7. The number of nitrogens with zero attached hydrogens (tertiary/aromatic N) is 2. The van der Waals surface area contributed by atoms with Gasteiger partial charge >= 0.3 is 11.9 Å². The van der Waals surface area contributed by atoms with Crippen LogP contribution in [0.25, 0.3) is 0 Å². The van der Waals surface area contributed by atoms with Crippen molar-refractivity contribution >= 4 is 23.8 Å². The number of likely N-dealkylation sites (tertiary alicyclic amines) is 1. The van der Waals surface area contributed by atoms with Crippen LogP contribution < -0.4 is 5.73 Å². The molecule has 1 rings (SSSR count). The second-order valence-corrected chi connectivity index (χ2v) is 6.04. The third-order valence-electron chi connectivity index (χ3n) is 3.87. The number of nitrogens with two attached hydrogens (primary N) is 1. The smallest absolute Gasteiger partial charge is 0.333 e. The first-order chi connectivity index (χ1) is 12.8. The van der Waals surface area contributed by atoms with E-state index in [-0.39, 0.29) is 19.0 Å². The summed E-state index contributed by atoms with van der Waals surface area (Å²) in [5.41, 5.74) is 5.21. The highest BCUT2D eigenvalue weighted by Gasteiger charge is 2.43. The summed E-state index contributed by atoms with van der Waals surface area (Å²) in [7, 11) is 1.44. The van der Waals surface area contributed by atoms with Crippen molar-refractivity contribution in [3.63, 3.8) is 0 Å². The Morgan fingerprint density at radius 1 is 1.21 bits per heavy atom. The van der Waals surface area contributed by atoms with Crippen molar-refractivity contribution in [2.24, 2.45) is 5.73 Å². The largest absolute Gasteiger partial charge is 0.481 e. The highest BCUT2D eigenvalue weighted by molar-refractivity contribution is 5.84. The van der Waals surface area contributed by atoms with Gasteiger partial charge in [-0.15, -0.1) is 0 Å². The van der Waals surface area contributed by atoms with Crippen LogP contribution in [0.4, 0.5) is 0 Å². The zero-order chi connectivity index (χ0) is 22.2. The zero-order valence-electron chi connectivity index (χ0n) is 15.0. The minimum Gasteiger partial charge on any atom is -0.481 e. The monoisotopic (exact) mass is 410 g/mol. The van der Waals surface area contributed by atoms with Crippen LogP contribution in [0.15, 0.2) is 0 Å². The van der Waals surface area contributed by atoms with Crippen LogP contribution in [-0.2, 0) is 14.4 Å². The van der Waals surface area contributed by atoms with Crippen LogP contribution in [0.5, 0.6) is 0 Å². The molecule has 0 aromatic rings. The molecule has 14 heteroatoms. The van der Waals surface area contributed by atoms with Gasteiger partial charge in [0.2, 0.25) is 5.91 Å². The number of likely N-dealkylation sites (N-methyl/N-ethyl adjacent to an activating group) is 1. The molecule has 0 bridgehead atoms. The predicted octanol–water partition coefficient (Wildman–Crippen LogP) is -5.00. The van der Waals surface area contributed by atoms with Crippen LogP contribution in [0.1, 0.15) is 6.42 Å². The van der Waals surface area contributed by atoms with Crippen molar-refractivity contribution < 1.29 is 50.1 Å². The van der Waals surface area contributed by atoms with Crippen LogP contribution in [0, 0.1) is 5.41 Å². The topological polar surface area (TPSA) is 249 Å². The Hall–Kier alpha value is -2.52. The standard InChI is InChI=1S/C10H20N4O5.C4H6O5/c1-13(10(11)12)3-7(17)14-2-6(16)9(19)8(18)5(14)4-15;5-2(4(8)9)1-3(6)7/h5-6,8-9,15-16,18-19H,2-4H2,1H3,(H3,11,12);2,5H,1H2,(H,6,7)(H,8,9)/t5-,6+,8-,9-;/m1./s1. The maximum absolute atomic E-state index is 12.0. The van der Waals surface area contributed by atoms with E-state index < -0.39 is 61.3 Å². The molecule has 1 heterocycles. The number of nitrogens with one attached hydrogen (secondary N) is 1. The number of carbonyl (C=O) groups excluding carboxylic acids is 1. The van der Waals surface area contributed by atoms with Gasteiger partial charge in [-0.3, -0.25) is 15.0 Å². The second-order valence-electron chi connectivity index (χ2n) is 6.04. The van der Waals surface area contributed by atoms with Crippen LogP contribution in [0.3, 0.4) is 0 Å². The van der Waals surface area contributed by atoms with Gasteiger partial charge in [-0.2, -0.15) is 0 Å². The van der Waals surface area contributed by atoms with Crippen molar-refractivity contribution in [2.75, 3.05) is 26.7 Å². The highest BCUT2D eigenvalue weighted by Crippen LogP contribution is 2.19. The molecule has 28 heavy (non-hydrogen) atoms. The molecule has 1 aliphatic heterocycles. The maximum atomic E-state index is 12.0. The molecule has 1 saturated heterocycles. The first-order valence-corrected chi connectivity index (χ1v) is 7.95. The molecule has 1 unspecified atom stereocenters. The van der Waals surface area contributed by atoms with Crippen LogP contribution >= 0.6 is 0 Å². The quantitative estimate of drug-likeness (QED) is 0.147. The molecule has 162 valence electrons. The number of aliphatic carboxylic acids is 2. The van der Waals surface area contributed by atoms with Gasteiger partial charge in [-0.1, -0.05) is 0 Å². The van der Waals surface area contributed by atoms with E-state index in [1.807, 2.05) is 0 Å². The average Bonchev–Trinajstić information content (AvgIpc) is 2.59. The number of carboxylic acid groups (broad SMARTS) is 2. The Balaban J connectivity index is 0.000000684. The minimum absolute atomic E-state index is 0.200. The SMILES string of the molecule is CN(CC(=O)N1C[C@H](O)[C@@H](O)[C@H](O)[C@H]1CO)C(=N)N.O=C(O)CC(O)C(=O)O. The van der Waals surface area contributed by atoms with Crippen LogP contribution in [0.2, 0.25) is 0 Å². The number of hydrogen-bond acceptors (Lipinski definition) is 9. The number of amides is 1. The summed E-state index contributed by atoms with van der Waals surface area (Å²) in [6.45, 7) is -0.962. The molecule has 5 atom stereocenters. The lowest BCUT2D eigenvalue weighted by Crippen LogP contribution is -2.65. The van der Waals surface area contributed by atoms with E-state index in [0.29, 0.717) is 0 Å². The second kappa shape index (κ2) is 11.4. The van der Waals surface area contributed by atoms with Gasteiger partial charge in [0.05, 0.1) is 25.6 Å². The number of aliphatic hydroxyl groups is 5. The maximum Gasteiger partial charge on any atom is 0.333 e. The Kier molecular flexibility index (Phi) is 10.3. The molecule has 1 amide bonds. The highest BCUT2D eigenvalue weighted by atomic mass is 16.4. The number of piperidine rings is 1. The van der Waals surface area contributed by atoms with Gasteiger partial charge in [0.25, 0.3) is 0 Å². The van der Waals surface area contributed by atoms with Gasteiger partial charge in [0.15, 0.2) is 12.1 Å².